The van der Waals surface area contributed by atoms with Crippen molar-refractivity contribution in [1.29, 1.82) is 5.26 Å². The molecule has 0 spiro atoms. The van der Waals surface area contributed by atoms with Crippen molar-refractivity contribution in [2.75, 3.05) is 36.4 Å². The number of hydrogen-bond acceptors (Lipinski definition) is 7. The number of fused-ring (bicyclic) bond motifs is 3. The molecule has 3 atom stereocenters. The van der Waals surface area contributed by atoms with E-state index in [1.807, 2.05) is 26.0 Å². The second-order valence-electron chi connectivity index (χ2n) is 12.2. The summed E-state index contributed by atoms with van der Waals surface area (Å²) in [6.45, 7) is 15.1. The average molecular weight is 538 g/mol. The molecule has 1 fully saturated rings. The van der Waals surface area contributed by atoms with E-state index in [4.69, 9.17) is 11.5 Å². The Kier molecular flexibility index (Phi) is 8.14. The number of anilines is 2. The minimum atomic E-state index is -0.417. The SMILES string of the molecule is C=C(C(CCCN)CNc1ccc2c(c1)CC1CN(c3ccc(C#N)c4ncccc34)CC(C)N1C2)C(C)(C)N. The van der Waals surface area contributed by atoms with Crippen molar-refractivity contribution in [1.82, 2.24) is 9.88 Å². The number of rotatable bonds is 9. The van der Waals surface area contributed by atoms with E-state index in [1.54, 1.807) is 6.20 Å². The van der Waals surface area contributed by atoms with Crippen molar-refractivity contribution in [2.45, 2.75) is 64.2 Å². The Morgan fingerprint density at radius 2 is 2.05 bits per heavy atom. The zero-order valence-electron chi connectivity index (χ0n) is 24.2. The highest BCUT2D eigenvalue weighted by Crippen LogP contribution is 2.35. The smallest absolute Gasteiger partial charge is 0.101 e. The van der Waals surface area contributed by atoms with Crippen LogP contribution in [0, 0.1) is 17.2 Å². The first-order chi connectivity index (χ1) is 19.2. The predicted octanol–water partition coefficient (Wildman–Crippen LogP) is 4.80. The lowest BCUT2D eigenvalue weighted by Crippen LogP contribution is -2.59. The number of nitriles is 1. The first-order valence-corrected chi connectivity index (χ1v) is 14.5. The van der Waals surface area contributed by atoms with Crippen LogP contribution in [-0.4, -0.2) is 53.7 Å². The van der Waals surface area contributed by atoms with E-state index in [2.05, 4.69) is 70.0 Å². The highest BCUT2D eigenvalue weighted by Gasteiger charge is 2.36. The second-order valence-corrected chi connectivity index (χ2v) is 12.2. The highest BCUT2D eigenvalue weighted by molar-refractivity contribution is 5.95. The molecule has 1 aromatic heterocycles. The van der Waals surface area contributed by atoms with Gasteiger partial charge in [-0.05, 0) is 100 Å². The summed E-state index contributed by atoms with van der Waals surface area (Å²) in [7, 11) is 0. The quantitative estimate of drug-likeness (QED) is 0.337. The highest BCUT2D eigenvalue weighted by atomic mass is 15.3. The molecule has 0 radical (unpaired) electrons. The summed E-state index contributed by atoms with van der Waals surface area (Å²) < 4.78 is 0. The van der Waals surface area contributed by atoms with Gasteiger partial charge in [0.05, 0.1) is 11.1 Å². The van der Waals surface area contributed by atoms with Gasteiger partial charge in [0.15, 0.2) is 0 Å². The maximum Gasteiger partial charge on any atom is 0.101 e. The van der Waals surface area contributed by atoms with Gasteiger partial charge in [-0.1, -0.05) is 18.2 Å². The molecule has 7 heteroatoms. The lowest BCUT2D eigenvalue weighted by Gasteiger charge is -2.49. The number of benzene rings is 2. The summed E-state index contributed by atoms with van der Waals surface area (Å²) >= 11 is 0. The van der Waals surface area contributed by atoms with Gasteiger partial charge in [0.25, 0.3) is 0 Å². The van der Waals surface area contributed by atoms with Crippen LogP contribution in [0.2, 0.25) is 0 Å². The van der Waals surface area contributed by atoms with E-state index in [0.717, 1.165) is 67.6 Å². The first kappa shape index (κ1) is 28.1. The third-order valence-corrected chi connectivity index (χ3v) is 8.80. The van der Waals surface area contributed by atoms with Crippen LogP contribution in [0.15, 0.2) is 60.8 Å². The van der Waals surface area contributed by atoms with E-state index in [9.17, 15) is 5.26 Å². The minimum Gasteiger partial charge on any atom is -0.384 e. The molecule has 3 heterocycles. The molecule has 0 amide bonds. The molecule has 0 saturated carbocycles. The standard InChI is InChI=1S/C33H43N7/c1-22-19-39(31-12-10-24(17-35)32-30(31)8-6-14-37-32)21-29-16-27-15-28(11-9-26(27)20-40(22)29)38-18-25(7-5-13-34)23(2)33(3,4)36/h6,8-12,14-15,22,25,29,38H,2,5,7,13,16,18-21,34,36H2,1,3-4H3. The lowest BCUT2D eigenvalue weighted by atomic mass is 9.83. The summed E-state index contributed by atoms with van der Waals surface area (Å²) in [4.78, 5) is 9.68. The van der Waals surface area contributed by atoms with E-state index in [-0.39, 0.29) is 5.92 Å². The Labute approximate surface area is 238 Å². The van der Waals surface area contributed by atoms with Gasteiger partial charge in [0.1, 0.15) is 6.07 Å². The molecule has 2 aliphatic heterocycles. The van der Waals surface area contributed by atoms with E-state index in [1.165, 1.54) is 16.8 Å². The van der Waals surface area contributed by atoms with Crippen molar-refractivity contribution in [3.8, 4) is 6.07 Å². The lowest BCUT2D eigenvalue weighted by molar-refractivity contribution is 0.101. The number of piperazine rings is 1. The number of hydrogen-bond donors (Lipinski definition) is 3. The van der Waals surface area contributed by atoms with Crippen molar-refractivity contribution in [3.63, 3.8) is 0 Å². The predicted molar refractivity (Wildman–Crippen MR) is 165 cm³/mol. The van der Waals surface area contributed by atoms with Crippen molar-refractivity contribution >= 4 is 22.3 Å². The molecule has 5 rings (SSSR count). The second kappa shape index (κ2) is 11.6. The number of pyridine rings is 1. The molecule has 5 N–H and O–H groups in total. The molecule has 1 saturated heterocycles. The number of nitrogens with zero attached hydrogens (tertiary/aromatic N) is 4. The van der Waals surface area contributed by atoms with Gasteiger partial charge in [0, 0.05) is 66.8 Å². The maximum atomic E-state index is 9.59. The molecule has 7 nitrogen and oxygen atoms in total. The van der Waals surface area contributed by atoms with Crippen LogP contribution in [0.5, 0.6) is 0 Å². The number of aromatic nitrogens is 1. The molecule has 210 valence electrons. The molecule has 3 unspecified atom stereocenters. The van der Waals surface area contributed by atoms with Gasteiger partial charge >= 0.3 is 0 Å². The molecule has 2 aliphatic rings. The van der Waals surface area contributed by atoms with E-state index >= 15 is 0 Å². The zero-order valence-corrected chi connectivity index (χ0v) is 24.2. The van der Waals surface area contributed by atoms with Crippen molar-refractivity contribution in [3.05, 3.63) is 77.5 Å². The topological polar surface area (TPSA) is 107 Å². The van der Waals surface area contributed by atoms with Crippen molar-refractivity contribution in [2.24, 2.45) is 17.4 Å². The van der Waals surface area contributed by atoms with Crippen LogP contribution in [0.3, 0.4) is 0 Å². The van der Waals surface area contributed by atoms with E-state index in [0.29, 0.717) is 24.2 Å². The van der Waals surface area contributed by atoms with Crippen LogP contribution in [0.25, 0.3) is 10.9 Å². The molecule has 0 aliphatic carbocycles. The number of nitrogens with two attached hydrogens (primary N) is 2. The van der Waals surface area contributed by atoms with Crippen LogP contribution in [0.1, 0.15) is 50.3 Å². The Balaban J connectivity index is 1.33. The van der Waals surface area contributed by atoms with Crippen molar-refractivity contribution < 1.29 is 0 Å². The zero-order chi connectivity index (χ0) is 28.4. The number of nitrogens with one attached hydrogen (secondary N) is 1. The van der Waals surface area contributed by atoms with E-state index < -0.39 is 5.54 Å². The van der Waals surface area contributed by atoms with Gasteiger partial charge in [-0.25, -0.2) is 0 Å². The Bertz CT molecular complexity index is 1420. The molecular weight excluding hydrogens is 494 g/mol. The fourth-order valence-electron chi connectivity index (χ4n) is 6.47. The third-order valence-electron chi connectivity index (χ3n) is 8.80. The van der Waals surface area contributed by atoms with Crippen LogP contribution < -0.4 is 21.7 Å². The van der Waals surface area contributed by atoms with Gasteiger partial charge < -0.3 is 21.7 Å². The van der Waals surface area contributed by atoms with Gasteiger partial charge in [-0.15, -0.1) is 0 Å². The average Bonchev–Trinajstić information content (AvgIpc) is 2.94. The fraction of sp³-hybridized carbons (Fsp3) is 0.455. The largest absolute Gasteiger partial charge is 0.384 e. The fourth-order valence-corrected chi connectivity index (χ4v) is 6.47. The maximum absolute atomic E-state index is 9.59. The summed E-state index contributed by atoms with van der Waals surface area (Å²) in [5, 5.41) is 14.3. The van der Waals surface area contributed by atoms with Crippen LogP contribution in [-0.2, 0) is 13.0 Å². The van der Waals surface area contributed by atoms with Gasteiger partial charge in [0.2, 0.25) is 0 Å². The Morgan fingerprint density at radius 3 is 2.80 bits per heavy atom. The first-order valence-electron chi connectivity index (χ1n) is 14.5. The summed E-state index contributed by atoms with van der Waals surface area (Å²) in [6, 6.07) is 18.0. The minimum absolute atomic E-state index is 0.277. The summed E-state index contributed by atoms with van der Waals surface area (Å²) in [5.41, 5.74) is 19.4. The van der Waals surface area contributed by atoms with Crippen LogP contribution in [0.4, 0.5) is 11.4 Å². The van der Waals surface area contributed by atoms with Crippen LogP contribution >= 0.6 is 0 Å². The molecule has 40 heavy (non-hydrogen) atoms. The molecule has 2 aromatic carbocycles. The third kappa shape index (κ3) is 5.71. The van der Waals surface area contributed by atoms with Gasteiger partial charge in [-0.3, -0.25) is 9.88 Å². The molecular formula is C33H43N7. The monoisotopic (exact) mass is 537 g/mol. The summed E-state index contributed by atoms with van der Waals surface area (Å²) in [6.07, 6.45) is 4.72. The normalized spacial score (nSPS) is 19.9. The van der Waals surface area contributed by atoms with Gasteiger partial charge in [-0.2, -0.15) is 5.26 Å². The molecule has 0 bridgehead atoms. The summed E-state index contributed by atoms with van der Waals surface area (Å²) in [5.74, 6) is 0.277. The molecule has 3 aromatic rings. The Morgan fingerprint density at radius 1 is 1.23 bits per heavy atom. The Hall–Kier alpha value is -3.44.